The van der Waals surface area contributed by atoms with Crippen molar-refractivity contribution in [2.75, 3.05) is 13.1 Å². The number of hydrogen-bond donors (Lipinski definition) is 1. The van der Waals surface area contributed by atoms with E-state index >= 15 is 0 Å². The summed E-state index contributed by atoms with van der Waals surface area (Å²) in [6.07, 6.45) is 1.07. The fourth-order valence-electron chi connectivity index (χ4n) is 4.80. The number of fused-ring (bicyclic) bond motifs is 3. The van der Waals surface area contributed by atoms with Crippen LogP contribution in [0, 0.1) is 0 Å². The van der Waals surface area contributed by atoms with Crippen molar-refractivity contribution in [2.45, 2.75) is 58.2 Å². The Labute approximate surface area is 174 Å². The smallest absolute Gasteiger partial charge is 0.254 e. The number of rotatable bonds is 4. The second-order valence-electron chi connectivity index (χ2n) is 8.71. The van der Waals surface area contributed by atoms with Crippen LogP contribution >= 0.6 is 0 Å². The van der Waals surface area contributed by atoms with Crippen LogP contribution in [0.15, 0.2) is 53.5 Å². The van der Waals surface area contributed by atoms with Crippen LogP contribution in [0.2, 0.25) is 0 Å². The van der Waals surface area contributed by atoms with Crippen LogP contribution in [-0.4, -0.2) is 47.7 Å². The summed E-state index contributed by atoms with van der Waals surface area (Å²) in [5.41, 5.74) is 5.50. The Morgan fingerprint density at radius 2 is 1.72 bits per heavy atom. The average Bonchev–Trinajstić information content (AvgIpc) is 2.73. The van der Waals surface area contributed by atoms with Gasteiger partial charge in [0.25, 0.3) is 5.91 Å². The highest BCUT2D eigenvalue weighted by Gasteiger charge is 2.33. The molecule has 1 fully saturated rings. The van der Waals surface area contributed by atoms with Gasteiger partial charge in [-0.05, 0) is 58.4 Å². The molecule has 152 valence electrons. The Balaban J connectivity index is 1.67. The van der Waals surface area contributed by atoms with Crippen LogP contribution in [0.5, 0.6) is 0 Å². The van der Waals surface area contributed by atoms with E-state index in [0.717, 1.165) is 36.3 Å². The standard InChI is InChI=1S/C25H31N3O/c1-16(2)28(17(3)4)25(29)19-11-9-18(10-12-19)24-21-8-6-5-7-20(21)22-15-26-14-13-23(22)27-24/h5-12,16-17,22-23,26H,13-15H2,1-4H3. The number of benzene rings is 2. The van der Waals surface area contributed by atoms with Gasteiger partial charge in [-0.25, -0.2) is 0 Å². The van der Waals surface area contributed by atoms with Gasteiger partial charge < -0.3 is 10.2 Å². The zero-order valence-corrected chi connectivity index (χ0v) is 17.9. The van der Waals surface area contributed by atoms with Gasteiger partial charge in [-0.3, -0.25) is 9.79 Å². The van der Waals surface area contributed by atoms with Crippen LogP contribution < -0.4 is 5.32 Å². The molecule has 2 unspecified atom stereocenters. The summed E-state index contributed by atoms with van der Waals surface area (Å²) in [6.45, 7) is 10.3. The number of nitrogens with one attached hydrogen (secondary N) is 1. The fraction of sp³-hybridized carbons (Fsp3) is 0.440. The van der Waals surface area contributed by atoms with Gasteiger partial charge in [-0.2, -0.15) is 0 Å². The average molecular weight is 390 g/mol. The van der Waals surface area contributed by atoms with Gasteiger partial charge in [-0.15, -0.1) is 0 Å². The number of carbonyl (C=O) groups excluding carboxylic acids is 1. The molecule has 0 aliphatic carbocycles. The van der Waals surface area contributed by atoms with E-state index in [1.54, 1.807) is 0 Å². The molecule has 1 amide bonds. The topological polar surface area (TPSA) is 44.7 Å². The quantitative estimate of drug-likeness (QED) is 0.850. The lowest BCUT2D eigenvalue weighted by atomic mass is 9.79. The van der Waals surface area contributed by atoms with Crippen LogP contribution in [0.25, 0.3) is 0 Å². The lowest BCUT2D eigenvalue weighted by molar-refractivity contribution is 0.0643. The lowest BCUT2D eigenvalue weighted by Gasteiger charge is -2.35. The Kier molecular flexibility index (Phi) is 5.55. The van der Waals surface area contributed by atoms with E-state index in [1.807, 2.05) is 17.0 Å². The minimum atomic E-state index is 0.0888. The monoisotopic (exact) mass is 389 g/mol. The minimum Gasteiger partial charge on any atom is -0.334 e. The van der Waals surface area contributed by atoms with E-state index < -0.39 is 0 Å². The van der Waals surface area contributed by atoms with Crippen molar-refractivity contribution in [3.8, 4) is 0 Å². The molecule has 2 atom stereocenters. The zero-order valence-electron chi connectivity index (χ0n) is 17.9. The van der Waals surface area contributed by atoms with Crippen molar-refractivity contribution < 1.29 is 4.79 Å². The highest BCUT2D eigenvalue weighted by molar-refractivity contribution is 6.15. The molecule has 2 aliphatic heterocycles. The van der Waals surface area contributed by atoms with E-state index in [-0.39, 0.29) is 18.0 Å². The van der Waals surface area contributed by atoms with Crippen LogP contribution in [0.3, 0.4) is 0 Å². The van der Waals surface area contributed by atoms with E-state index in [1.165, 1.54) is 11.1 Å². The van der Waals surface area contributed by atoms with Gasteiger partial charge in [0.05, 0.1) is 11.8 Å². The third-order valence-electron chi connectivity index (χ3n) is 6.11. The summed E-state index contributed by atoms with van der Waals surface area (Å²) < 4.78 is 0. The van der Waals surface area contributed by atoms with Crippen molar-refractivity contribution >= 4 is 11.6 Å². The molecule has 4 nitrogen and oxygen atoms in total. The number of piperidine rings is 1. The first-order chi connectivity index (χ1) is 14.0. The molecule has 1 saturated heterocycles. The summed E-state index contributed by atoms with van der Waals surface area (Å²) >= 11 is 0. The summed E-state index contributed by atoms with van der Waals surface area (Å²) in [5.74, 6) is 0.543. The summed E-state index contributed by atoms with van der Waals surface area (Å²) in [6, 6.07) is 17.3. The molecule has 4 heteroatoms. The molecule has 29 heavy (non-hydrogen) atoms. The molecule has 0 aromatic heterocycles. The summed E-state index contributed by atoms with van der Waals surface area (Å²) in [5, 5.41) is 3.52. The number of carbonyl (C=O) groups is 1. The first-order valence-electron chi connectivity index (χ1n) is 10.8. The van der Waals surface area contributed by atoms with Crippen molar-refractivity contribution in [3.63, 3.8) is 0 Å². The van der Waals surface area contributed by atoms with E-state index in [9.17, 15) is 4.79 Å². The number of nitrogens with zero attached hydrogens (tertiary/aromatic N) is 2. The largest absolute Gasteiger partial charge is 0.334 e. The van der Waals surface area contributed by atoms with Crippen molar-refractivity contribution in [3.05, 3.63) is 70.8 Å². The van der Waals surface area contributed by atoms with Crippen molar-refractivity contribution in [1.29, 1.82) is 0 Å². The SMILES string of the molecule is CC(C)N(C(=O)c1ccc(C2=NC3CCNCC3c3ccccc32)cc1)C(C)C. The van der Waals surface area contributed by atoms with Gasteiger partial charge in [0.15, 0.2) is 0 Å². The fourth-order valence-corrected chi connectivity index (χ4v) is 4.80. The zero-order chi connectivity index (χ0) is 20.5. The van der Waals surface area contributed by atoms with E-state index in [2.05, 4.69) is 69.4 Å². The molecule has 0 bridgehead atoms. The predicted molar refractivity (Wildman–Crippen MR) is 119 cm³/mol. The first kappa shape index (κ1) is 19.8. The highest BCUT2D eigenvalue weighted by Crippen LogP contribution is 2.35. The van der Waals surface area contributed by atoms with Gasteiger partial charge in [0, 0.05) is 41.2 Å². The van der Waals surface area contributed by atoms with Gasteiger partial charge in [-0.1, -0.05) is 36.4 Å². The molecule has 2 aromatic carbocycles. The molecule has 2 aliphatic rings. The summed E-state index contributed by atoms with van der Waals surface area (Å²) in [4.78, 5) is 20.1. The third kappa shape index (κ3) is 3.74. The maximum atomic E-state index is 13.0. The molecule has 0 radical (unpaired) electrons. The predicted octanol–water partition coefficient (Wildman–Crippen LogP) is 4.24. The molecule has 2 heterocycles. The Morgan fingerprint density at radius 3 is 2.41 bits per heavy atom. The van der Waals surface area contributed by atoms with Crippen LogP contribution in [-0.2, 0) is 0 Å². The Hall–Kier alpha value is -2.46. The summed E-state index contributed by atoms with van der Waals surface area (Å²) in [7, 11) is 0. The Morgan fingerprint density at radius 1 is 1.03 bits per heavy atom. The van der Waals surface area contributed by atoms with Gasteiger partial charge in [0.1, 0.15) is 0 Å². The number of aliphatic imine (C=N–C) groups is 1. The van der Waals surface area contributed by atoms with Crippen LogP contribution in [0.4, 0.5) is 0 Å². The van der Waals surface area contributed by atoms with Gasteiger partial charge in [0.2, 0.25) is 0 Å². The molecular formula is C25H31N3O. The Bertz CT molecular complexity index is 906. The van der Waals surface area contributed by atoms with Crippen LogP contribution in [0.1, 0.15) is 67.1 Å². The number of hydrogen-bond acceptors (Lipinski definition) is 3. The maximum absolute atomic E-state index is 13.0. The molecule has 0 saturated carbocycles. The normalized spacial score (nSPS) is 20.8. The molecule has 4 rings (SSSR count). The molecular weight excluding hydrogens is 358 g/mol. The second-order valence-corrected chi connectivity index (χ2v) is 8.71. The van der Waals surface area contributed by atoms with E-state index in [0.29, 0.717) is 12.0 Å². The van der Waals surface area contributed by atoms with Gasteiger partial charge >= 0.3 is 0 Å². The van der Waals surface area contributed by atoms with Crippen molar-refractivity contribution in [2.24, 2.45) is 4.99 Å². The first-order valence-corrected chi connectivity index (χ1v) is 10.8. The van der Waals surface area contributed by atoms with Crippen molar-refractivity contribution in [1.82, 2.24) is 10.2 Å². The maximum Gasteiger partial charge on any atom is 0.254 e. The lowest BCUT2D eigenvalue weighted by Crippen LogP contribution is -2.42. The molecule has 0 spiro atoms. The third-order valence-corrected chi connectivity index (χ3v) is 6.11. The molecule has 1 N–H and O–H groups in total. The van der Waals surface area contributed by atoms with E-state index in [4.69, 9.17) is 4.99 Å². The second kappa shape index (κ2) is 8.11. The highest BCUT2D eigenvalue weighted by atomic mass is 16.2. The minimum absolute atomic E-state index is 0.0888. The molecule has 2 aromatic rings. The number of amides is 1.